The Balaban J connectivity index is 1.66. The highest BCUT2D eigenvalue weighted by Crippen LogP contribution is 2.36. The van der Waals surface area contributed by atoms with Gasteiger partial charge in [0.1, 0.15) is 5.75 Å². The van der Waals surface area contributed by atoms with Gasteiger partial charge in [-0.1, -0.05) is 30.3 Å². The molecule has 1 N–H and O–H groups in total. The van der Waals surface area contributed by atoms with Crippen LogP contribution in [0.4, 0.5) is 0 Å². The number of hydrogen-bond acceptors (Lipinski definition) is 4. The molecular formula is C20H15N3O2. The van der Waals surface area contributed by atoms with Crippen molar-refractivity contribution in [3.8, 4) is 5.75 Å². The number of imidazole rings is 1. The van der Waals surface area contributed by atoms with E-state index in [0.29, 0.717) is 24.2 Å². The van der Waals surface area contributed by atoms with E-state index >= 15 is 0 Å². The number of fused-ring (bicyclic) bond motifs is 4. The van der Waals surface area contributed by atoms with Crippen molar-refractivity contribution in [2.45, 2.75) is 18.8 Å². The summed E-state index contributed by atoms with van der Waals surface area (Å²) in [7, 11) is 0. The number of benzene rings is 2. The van der Waals surface area contributed by atoms with Crippen molar-refractivity contribution in [3.05, 3.63) is 71.5 Å². The molecule has 0 saturated heterocycles. The summed E-state index contributed by atoms with van der Waals surface area (Å²) in [6, 6.07) is 15.0. The largest absolute Gasteiger partial charge is 0.508 e. The highest BCUT2D eigenvalue weighted by molar-refractivity contribution is 5.99. The number of rotatable bonds is 1. The van der Waals surface area contributed by atoms with Gasteiger partial charge in [-0.2, -0.15) is 0 Å². The molecule has 0 fully saturated rings. The summed E-state index contributed by atoms with van der Waals surface area (Å²) in [4.78, 5) is 21.9. The van der Waals surface area contributed by atoms with E-state index in [4.69, 9.17) is 0 Å². The van der Waals surface area contributed by atoms with Gasteiger partial charge in [0.05, 0.1) is 22.3 Å². The van der Waals surface area contributed by atoms with Gasteiger partial charge in [0, 0.05) is 18.5 Å². The minimum absolute atomic E-state index is 0.0551. The van der Waals surface area contributed by atoms with Crippen LogP contribution in [0.1, 0.15) is 34.0 Å². The molecule has 5 rings (SSSR count). The predicted molar refractivity (Wildman–Crippen MR) is 94.0 cm³/mol. The van der Waals surface area contributed by atoms with Crippen molar-refractivity contribution in [1.29, 1.82) is 0 Å². The number of phenols is 1. The van der Waals surface area contributed by atoms with E-state index in [1.54, 1.807) is 12.1 Å². The number of carbonyl (C=O) groups is 1. The van der Waals surface area contributed by atoms with Crippen LogP contribution in [0.2, 0.25) is 0 Å². The van der Waals surface area contributed by atoms with Crippen molar-refractivity contribution < 1.29 is 9.90 Å². The summed E-state index contributed by atoms with van der Waals surface area (Å²) >= 11 is 0. The summed E-state index contributed by atoms with van der Waals surface area (Å²) in [5, 5.41) is 10.1. The fraction of sp³-hybridized carbons (Fsp3) is 0.150. The fourth-order valence-corrected chi connectivity index (χ4v) is 3.70. The van der Waals surface area contributed by atoms with Crippen LogP contribution in [0, 0.1) is 0 Å². The zero-order valence-electron chi connectivity index (χ0n) is 13.4. The second-order valence-electron chi connectivity index (χ2n) is 6.46. The highest BCUT2D eigenvalue weighted by Gasteiger charge is 2.29. The number of phenolic OH excluding ortho intramolecular Hbond substituents is 1. The second kappa shape index (κ2) is 5.14. The normalized spacial score (nSPS) is 17.1. The number of ketones is 1. The number of aromatic nitrogens is 3. The molecule has 1 atom stereocenters. The van der Waals surface area contributed by atoms with E-state index in [1.165, 1.54) is 0 Å². The maximum absolute atomic E-state index is 12.7. The number of carbonyl (C=O) groups excluding carboxylic acids is 1. The Labute approximate surface area is 143 Å². The standard InChI is InChI=1S/C20H15N3O2/c24-18-8-4-1-5-13(18)12-9-16-14(19(25)10-12)11-23-17-7-3-2-6-15(17)21-20(23)22-16/h1-8,11-12,24H,9-10H2/t12-/m0/s1. The molecule has 1 aliphatic carbocycles. The van der Waals surface area contributed by atoms with Gasteiger partial charge in [-0.05, 0) is 30.2 Å². The van der Waals surface area contributed by atoms with E-state index in [0.717, 1.165) is 22.3 Å². The van der Waals surface area contributed by atoms with Crippen LogP contribution in [0.3, 0.4) is 0 Å². The van der Waals surface area contributed by atoms with Crippen molar-refractivity contribution in [2.75, 3.05) is 0 Å². The topological polar surface area (TPSA) is 67.5 Å². The molecule has 2 heterocycles. The number of para-hydroxylation sites is 3. The predicted octanol–water partition coefficient (Wildman–Crippen LogP) is 3.50. The third-order valence-electron chi connectivity index (χ3n) is 4.93. The third-order valence-corrected chi connectivity index (χ3v) is 4.93. The molecular weight excluding hydrogens is 314 g/mol. The lowest BCUT2D eigenvalue weighted by atomic mass is 9.82. The summed E-state index contributed by atoms with van der Waals surface area (Å²) in [5.41, 5.74) is 4.02. The molecule has 0 aliphatic heterocycles. The average molecular weight is 329 g/mol. The first-order chi connectivity index (χ1) is 12.2. The Hall–Kier alpha value is -3.21. The maximum Gasteiger partial charge on any atom is 0.235 e. The molecule has 0 radical (unpaired) electrons. The minimum atomic E-state index is -0.0551. The van der Waals surface area contributed by atoms with Crippen LogP contribution in [0.25, 0.3) is 16.8 Å². The summed E-state index contributed by atoms with van der Waals surface area (Å²) in [6.45, 7) is 0. The molecule has 1 aliphatic rings. The molecule has 0 spiro atoms. The SMILES string of the molecule is O=C1C[C@@H](c2ccccc2O)Cc2nc3nc4ccccc4n3cc21. The van der Waals surface area contributed by atoms with E-state index in [9.17, 15) is 9.90 Å². The van der Waals surface area contributed by atoms with Gasteiger partial charge in [-0.25, -0.2) is 9.97 Å². The van der Waals surface area contributed by atoms with Gasteiger partial charge in [0.15, 0.2) is 5.78 Å². The van der Waals surface area contributed by atoms with Gasteiger partial charge in [0.2, 0.25) is 5.78 Å². The number of Topliss-reactive ketones (excluding diaryl/α,β-unsaturated/α-hetero) is 1. The molecule has 4 aromatic rings. The summed E-state index contributed by atoms with van der Waals surface area (Å²) < 4.78 is 1.88. The number of hydrogen-bond donors (Lipinski definition) is 1. The molecule has 5 heteroatoms. The number of nitrogens with zero attached hydrogens (tertiary/aromatic N) is 3. The molecule has 0 bridgehead atoms. The van der Waals surface area contributed by atoms with E-state index in [1.807, 2.05) is 47.0 Å². The minimum Gasteiger partial charge on any atom is -0.508 e. The Morgan fingerprint density at radius 2 is 1.80 bits per heavy atom. The first-order valence-electron chi connectivity index (χ1n) is 8.28. The van der Waals surface area contributed by atoms with Crippen LogP contribution in [-0.2, 0) is 6.42 Å². The quantitative estimate of drug-likeness (QED) is 0.580. The van der Waals surface area contributed by atoms with Gasteiger partial charge >= 0.3 is 0 Å². The molecule has 2 aromatic carbocycles. The fourth-order valence-electron chi connectivity index (χ4n) is 3.70. The van der Waals surface area contributed by atoms with E-state index in [-0.39, 0.29) is 17.5 Å². The Morgan fingerprint density at radius 1 is 1.00 bits per heavy atom. The monoisotopic (exact) mass is 329 g/mol. The van der Waals surface area contributed by atoms with Gasteiger partial charge in [-0.15, -0.1) is 0 Å². The van der Waals surface area contributed by atoms with Gasteiger partial charge < -0.3 is 5.11 Å². The van der Waals surface area contributed by atoms with Gasteiger partial charge in [0.25, 0.3) is 0 Å². The Morgan fingerprint density at radius 3 is 2.68 bits per heavy atom. The smallest absolute Gasteiger partial charge is 0.235 e. The lowest BCUT2D eigenvalue weighted by molar-refractivity contribution is 0.0962. The van der Waals surface area contributed by atoms with Gasteiger partial charge in [-0.3, -0.25) is 9.20 Å². The van der Waals surface area contributed by atoms with Crippen LogP contribution >= 0.6 is 0 Å². The molecule has 0 amide bonds. The second-order valence-corrected chi connectivity index (χ2v) is 6.46. The lowest BCUT2D eigenvalue weighted by Crippen LogP contribution is -2.21. The zero-order valence-corrected chi connectivity index (χ0v) is 13.4. The Kier molecular flexibility index (Phi) is 2.91. The molecule has 2 aromatic heterocycles. The van der Waals surface area contributed by atoms with E-state index < -0.39 is 0 Å². The Bertz CT molecular complexity index is 1150. The molecule has 0 saturated carbocycles. The lowest BCUT2D eigenvalue weighted by Gasteiger charge is -2.23. The van der Waals surface area contributed by atoms with Crippen molar-refractivity contribution in [3.63, 3.8) is 0 Å². The molecule has 5 nitrogen and oxygen atoms in total. The van der Waals surface area contributed by atoms with Crippen LogP contribution in [0.5, 0.6) is 5.75 Å². The molecule has 122 valence electrons. The van der Waals surface area contributed by atoms with Crippen molar-refractivity contribution >= 4 is 22.6 Å². The first-order valence-corrected chi connectivity index (χ1v) is 8.28. The maximum atomic E-state index is 12.7. The third kappa shape index (κ3) is 2.12. The van der Waals surface area contributed by atoms with Crippen LogP contribution in [0.15, 0.2) is 54.7 Å². The molecule has 0 unspecified atom stereocenters. The molecule has 25 heavy (non-hydrogen) atoms. The average Bonchev–Trinajstić information content (AvgIpc) is 2.98. The van der Waals surface area contributed by atoms with Crippen LogP contribution in [-0.4, -0.2) is 25.3 Å². The highest BCUT2D eigenvalue weighted by atomic mass is 16.3. The summed E-state index contributed by atoms with van der Waals surface area (Å²) in [5.74, 6) is 0.837. The zero-order chi connectivity index (χ0) is 17.0. The van der Waals surface area contributed by atoms with E-state index in [2.05, 4.69) is 9.97 Å². The van der Waals surface area contributed by atoms with Crippen molar-refractivity contribution in [2.24, 2.45) is 0 Å². The van der Waals surface area contributed by atoms with Crippen molar-refractivity contribution in [1.82, 2.24) is 14.4 Å². The first kappa shape index (κ1) is 14.2. The van der Waals surface area contributed by atoms with Crippen LogP contribution < -0.4 is 0 Å². The number of aromatic hydroxyl groups is 1. The summed E-state index contributed by atoms with van der Waals surface area (Å²) in [6.07, 6.45) is 2.86.